The highest BCUT2D eigenvalue weighted by atomic mass is 19.1. The Morgan fingerprint density at radius 2 is 1.71 bits per heavy atom. The van der Waals surface area contributed by atoms with Gasteiger partial charge in [0.15, 0.2) is 5.75 Å². The number of hydrogen-bond acceptors (Lipinski definition) is 5. The maximum atomic E-state index is 12.9. The van der Waals surface area contributed by atoms with E-state index in [0.29, 0.717) is 5.92 Å². The minimum Gasteiger partial charge on any atom is -0.395 e. The van der Waals surface area contributed by atoms with Crippen LogP contribution in [0.5, 0.6) is 11.5 Å². The lowest BCUT2D eigenvalue weighted by Crippen LogP contribution is -2.16. The smallest absolute Gasteiger partial charge is 0.395 e. The number of rotatable bonds is 7. The average Bonchev–Trinajstić information content (AvgIpc) is 2.71. The second-order valence-electron chi connectivity index (χ2n) is 7.12. The van der Waals surface area contributed by atoms with Crippen molar-refractivity contribution in [3.63, 3.8) is 0 Å². The van der Waals surface area contributed by atoms with Crippen molar-refractivity contribution in [2.75, 3.05) is 0 Å². The number of carbonyl (C=O) groups excluding carboxylic acids is 1. The Kier molecular flexibility index (Phi) is 7.12. The van der Waals surface area contributed by atoms with E-state index in [1.54, 1.807) is 0 Å². The third kappa shape index (κ3) is 5.87. The van der Waals surface area contributed by atoms with Crippen LogP contribution < -0.4 is 9.47 Å². The third-order valence-corrected chi connectivity index (χ3v) is 5.10. The van der Waals surface area contributed by atoms with E-state index in [-0.39, 0.29) is 11.5 Å². The summed E-state index contributed by atoms with van der Waals surface area (Å²) in [5.41, 5.74) is 0. The molecule has 0 bridgehead atoms. The van der Waals surface area contributed by atoms with Gasteiger partial charge in [0, 0.05) is 5.92 Å². The fraction of sp³-hybridized carbons (Fsp3) is 0.409. The Morgan fingerprint density at radius 1 is 1.07 bits per heavy atom. The second kappa shape index (κ2) is 9.97. The van der Waals surface area contributed by atoms with E-state index in [2.05, 4.69) is 16.5 Å². The van der Waals surface area contributed by atoms with Crippen LogP contribution in [0.15, 0.2) is 49.3 Å². The van der Waals surface area contributed by atoms with Crippen LogP contribution in [0.2, 0.25) is 0 Å². The monoisotopic (exact) mass is 384 g/mol. The van der Waals surface area contributed by atoms with Gasteiger partial charge >= 0.3 is 6.16 Å². The Morgan fingerprint density at radius 3 is 2.36 bits per heavy atom. The molecule has 1 heterocycles. The highest BCUT2D eigenvalue weighted by molar-refractivity contribution is 5.66. The van der Waals surface area contributed by atoms with Crippen molar-refractivity contribution in [2.45, 2.75) is 50.9 Å². The summed E-state index contributed by atoms with van der Waals surface area (Å²) in [5, 5.41) is 0. The SMILES string of the molecule is C=CCCC[C@H]1CC[C@H](c2ncc(OC(=O)Oc3ccc(F)cc3)cn2)CC1. The summed E-state index contributed by atoms with van der Waals surface area (Å²) >= 11 is 0. The maximum absolute atomic E-state index is 12.9. The summed E-state index contributed by atoms with van der Waals surface area (Å²) in [4.78, 5) is 20.5. The zero-order chi connectivity index (χ0) is 19.8. The first-order valence-corrected chi connectivity index (χ1v) is 9.72. The number of allylic oxidation sites excluding steroid dienone is 1. The zero-order valence-corrected chi connectivity index (χ0v) is 15.9. The number of nitrogens with zero attached hydrogens (tertiary/aromatic N) is 2. The van der Waals surface area contributed by atoms with Gasteiger partial charge in [-0.05, 0) is 68.7 Å². The molecule has 0 radical (unpaired) electrons. The topological polar surface area (TPSA) is 61.3 Å². The summed E-state index contributed by atoms with van der Waals surface area (Å²) in [6, 6.07) is 5.11. The predicted octanol–water partition coefficient (Wildman–Crippen LogP) is 5.82. The number of benzene rings is 1. The van der Waals surface area contributed by atoms with Gasteiger partial charge in [0.1, 0.15) is 17.4 Å². The Labute approximate surface area is 164 Å². The number of unbranched alkanes of at least 4 members (excludes halogenated alkanes) is 1. The van der Waals surface area contributed by atoms with E-state index in [1.807, 2.05) is 6.08 Å². The van der Waals surface area contributed by atoms with Crippen molar-refractivity contribution >= 4 is 6.16 Å². The van der Waals surface area contributed by atoms with Crippen molar-refractivity contribution in [3.8, 4) is 11.5 Å². The summed E-state index contributed by atoms with van der Waals surface area (Å²) in [6.45, 7) is 3.77. The molecule has 0 amide bonds. The highest BCUT2D eigenvalue weighted by Gasteiger charge is 2.24. The fourth-order valence-corrected chi connectivity index (χ4v) is 3.57. The first kappa shape index (κ1) is 20.0. The van der Waals surface area contributed by atoms with E-state index >= 15 is 0 Å². The highest BCUT2D eigenvalue weighted by Crippen LogP contribution is 2.36. The number of halogens is 1. The van der Waals surface area contributed by atoms with Gasteiger partial charge in [-0.15, -0.1) is 6.58 Å². The van der Waals surface area contributed by atoms with Crippen molar-refractivity contribution in [3.05, 3.63) is 61.0 Å². The molecule has 1 aromatic carbocycles. The molecule has 0 N–H and O–H groups in total. The van der Waals surface area contributed by atoms with Gasteiger partial charge in [0.05, 0.1) is 12.4 Å². The molecule has 148 valence electrons. The molecule has 28 heavy (non-hydrogen) atoms. The first-order valence-electron chi connectivity index (χ1n) is 9.72. The number of ether oxygens (including phenoxy) is 2. The molecule has 0 atom stereocenters. The van der Waals surface area contributed by atoms with E-state index in [0.717, 1.165) is 31.0 Å². The van der Waals surface area contributed by atoms with Crippen molar-refractivity contribution in [1.29, 1.82) is 0 Å². The molecule has 1 aliphatic carbocycles. The molecule has 2 aromatic rings. The van der Waals surface area contributed by atoms with Crippen LogP contribution in [-0.4, -0.2) is 16.1 Å². The van der Waals surface area contributed by atoms with Crippen LogP contribution in [0, 0.1) is 11.7 Å². The Balaban J connectivity index is 1.46. The van der Waals surface area contributed by atoms with Gasteiger partial charge in [-0.25, -0.2) is 19.2 Å². The molecule has 0 aliphatic heterocycles. The molecule has 0 saturated heterocycles. The average molecular weight is 384 g/mol. The number of aromatic nitrogens is 2. The van der Waals surface area contributed by atoms with E-state index in [4.69, 9.17) is 9.47 Å². The standard InChI is InChI=1S/C22H25FN2O3/c1-2-3-4-5-16-6-8-17(9-7-16)21-24-14-20(15-25-21)28-22(26)27-19-12-10-18(23)11-13-19/h2,10-17H,1,3-9H2/t16-,17-. The van der Waals surface area contributed by atoms with E-state index in [1.165, 1.54) is 62.3 Å². The second-order valence-corrected chi connectivity index (χ2v) is 7.12. The molecular formula is C22H25FN2O3. The van der Waals surface area contributed by atoms with Crippen LogP contribution in [0.1, 0.15) is 56.7 Å². The van der Waals surface area contributed by atoms with Crippen LogP contribution >= 0.6 is 0 Å². The molecule has 1 saturated carbocycles. The molecule has 0 spiro atoms. The number of hydrogen-bond donors (Lipinski definition) is 0. The quantitative estimate of drug-likeness (QED) is 0.260. The van der Waals surface area contributed by atoms with E-state index in [9.17, 15) is 9.18 Å². The van der Waals surface area contributed by atoms with Gasteiger partial charge in [-0.1, -0.05) is 12.5 Å². The zero-order valence-electron chi connectivity index (χ0n) is 15.9. The van der Waals surface area contributed by atoms with Crippen molar-refractivity contribution in [1.82, 2.24) is 9.97 Å². The minimum absolute atomic E-state index is 0.203. The lowest BCUT2D eigenvalue weighted by atomic mass is 9.79. The van der Waals surface area contributed by atoms with Gasteiger partial charge in [-0.3, -0.25) is 0 Å². The summed E-state index contributed by atoms with van der Waals surface area (Å²) in [5.74, 6) is 1.96. The molecule has 1 aliphatic rings. The van der Waals surface area contributed by atoms with Crippen LogP contribution in [0.3, 0.4) is 0 Å². The molecular weight excluding hydrogens is 359 g/mol. The Bertz CT molecular complexity index is 769. The van der Waals surface area contributed by atoms with Crippen molar-refractivity contribution in [2.24, 2.45) is 5.92 Å². The molecule has 1 aromatic heterocycles. The van der Waals surface area contributed by atoms with Crippen LogP contribution in [0.25, 0.3) is 0 Å². The maximum Gasteiger partial charge on any atom is 0.519 e. The summed E-state index contributed by atoms with van der Waals surface area (Å²) in [7, 11) is 0. The summed E-state index contributed by atoms with van der Waals surface area (Å²) in [6.07, 6.45) is 12.2. The van der Waals surface area contributed by atoms with Crippen LogP contribution in [0.4, 0.5) is 9.18 Å². The lowest BCUT2D eigenvalue weighted by Gasteiger charge is -2.27. The molecule has 5 nitrogen and oxygen atoms in total. The van der Waals surface area contributed by atoms with Gasteiger partial charge < -0.3 is 9.47 Å². The third-order valence-electron chi connectivity index (χ3n) is 5.10. The fourth-order valence-electron chi connectivity index (χ4n) is 3.57. The van der Waals surface area contributed by atoms with Gasteiger partial charge in [0.2, 0.25) is 0 Å². The number of carbonyl (C=O) groups is 1. The molecule has 0 unspecified atom stereocenters. The summed E-state index contributed by atoms with van der Waals surface area (Å²) < 4.78 is 22.9. The van der Waals surface area contributed by atoms with E-state index < -0.39 is 12.0 Å². The Hall–Kier alpha value is -2.76. The molecule has 3 rings (SSSR count). The van der Waals surface area contributed by atoms with Gasteiger partial charge in [-0.2, -0.15) is 0 Å². The molecule has 6 heteroatoms. The van der Waals surface area contributed by atoms with Gasteiger partial charge in [0.25, 0.3) is 0 Å². The first-order chi connectivity index (χ1) is 13.6. The largest absolute Gasteiger partial charge is 0.519 e. The lowest BCUT2D eigenvalue weighted by molar-refractivity contribution is 0.151. The predicted molar refractivity (Wildman–Crippen MR) is 104 cm³/mol. The van der Waals surface area contributed by atoms with Crippen LogP contribution in [-0.2, 0) is 0 Å². The van der Waals surface area contributed by atoms with Crippen molar-refractivity contribution < 1.29 is 18.7 Å². The molecule has 1 fully saturated rings. The minimum atomic E-state index is -0.914. The normalized spacial score (nSPS) is 19.0.